The van der Waals surface area contributed by atoms with Crippen LogP contribution in [-0.2, 0) is 4.74 Å². The van der Waals surface area contributed by atoms with Crippen LogP contribution in [0.25, 0.3) is 0 Å². The number of anilines is 1. The molecule has 1 unspecified atom stereocenters. The quantitative estimate of drug-likeness (QED) is 0.883. The summed E-state index contributed by atoms with van der Waals surface area (Å²) in [7, 11) is 1.99. The smallest absolute Gasteiger partial charge is 0.0608 e. The molecule has 20 heavy (non-hydrogen) atoms. The highest BCUT2D eigenvalue weighted by Crippen LogP contribution is 2.31. The Morgan fingerprint density at radius 1 is 1.40 bits per heavy atom. The van der Waals surface area contributed by atoms with Gasteiger partial charge in [-0.2, -0.15) is 0 Å². The van der Waals surface area contributed by atoms with Crippen LogP contribution in [0.4, 0.5) is 5.69 Å². The number of nitrogens with one attached hydrogen (secondary N) is 1. The Hall–Kier alpha value is -0.580. The largest absolute Gasteiger partial charge is 0.378 e. The molecule has 0 aromatic heterocycles. The first kappa shape index (κ1) is 15.8. The summed E-state index contributed by atoms with van der Waals surface area (Å²) in [5.41, 5.74) is 2.61. The minimum absolute atomic E-state index is 0.379. The molecule has 0 bridgehead atoms. The average molecular weight is 341 g/mol. The standard InChI is InChI=1S/C16H25BrN2O/c1-4-20-14-7-9-19(10-8-14)16-6-5-13(11-15(16)17)12(2)18-3/h5-6,11-12,14,18H,4,7-10H2,1-3H3. The van der Waals surface area contributed by atoms with E-state index in [1.165, 1.54) is 15.7 Å². The molecule has 1 aliphatic heterocycles. The highest BCUT2D eigenvalue weighted by Gasteiger charge is 2.21. The SMILES string of the molecule is CCOC1CCN(c2ccc(C(C)NC)cc2Br)CC1. The van der Waals surface area contributed by atoms with Crippen LogP contribution in [0.1, 0.15) is 38.3 Å². The van der Waals surface area contributed by atoms with E-state index >= 15 is 0 Å². The van der Waals surface area contributed by atoms with Gasteiger partial charge in [-0.25, -0.2) is 0 Å². The fourth-order valence-electron chi connectivity index (χ4n) is 2.71. The normalized spacial score (nSPS) is 18.3. The molecule has 0 amide bonds. The van der Waals surface area contributed by atoms with Crippen molar-refractivity contribution in [1.29, 1.82) is 0 Å². The number of ether oxygens (including phenoxy) is 1. The van der Waals surface area contributed by atoms with Gasteiger partial charge >= 0.3 is 0 Å². The fourth-order valence-corrected chi connectivity index (χ4v) is 3.36. The molecular weight excluding hydrogens is 316 g/mol. The number of hydrogen-bond acceptors (Lipinski definition) is 3. The van der Waals surface area contributed by atoms with Crippen molar-refractivity contribution in [2.24, 2.45) is 0 Å². The maximum absolute atomic E-state index is 5.72. The summed E-state index contributed by atoms with van der Waals surface area (Å²) >= 11 is 3.73. The van der Waals surface area contributed by atoms with E-state index in [0.29, 0.717) is 12.1 Å². The number of rotatable bonds is 5. The van der Waals surface area contributed by atoms with E-state index in [1.54, 1.807) is 0 Å². The average Bonchev–Trinajstić information content (AvgIpc) is 2.47. The second kappa shape index (κ2) is 7.43. The third-order valence-electron chi connectivity index (χ3n) is 4.09. The summed E-state index contributed by atoms with van der Waals surface area (Å²) in [4.78, 5) is 2.45. The first-order chi connectivity index (χ1) is 9.65. The molecule has 1 aliphatic rings. The van der Waals surface area contributed by atoms with Crippen LogP contribution >= 0.6 is 15.9 Å². The molecule has 1 atom stereocenters. The Morgan fingerprint density at radius 3 is 2.65 bits per heavy atom. The molecule has 0 spiro atoms. The molecule has 2 rings (SSSR count). The lowest BCUT2D eigenvalue weighted by Gasteiger charge is -2.34. The zero-order chi connectivity index (χ0) is 14.5. The summed E-state index contributed by atoms with van der Waals surface area (Å²) in [6.07, 6.45) is 2.68. The van der Waals surface area contributed by atoms with Crippen molar-refractivity contribution in [2.75, 3.05) is 31.6 Å². The Kier molecular flexibility index (Phi) is 5.87. The Bertz CT molecular complexity index is 430. The van der Waals surface area contributed by atoms with Crippen molar-refractivity contribution < 1.29 is 4.74 Å². The van der Waals surface area contributed by atoms with Crippen molar-refractivity contribution in [3.63, 3.8) is 0 Å². The van der Waals surface area contributed by atoms with Gasteiger partial charge in [-0.15, -0.1) is 0 Å². The van der Waals surface area contributed by atoms with Crippen molar-refractivity contribution in [3.8, 4) is 0 Å². The maximum atomic E-state index is 5.72. The van der Waals surface area contributed by atoms with E-state index in [9.17, 15) is 0 Å². The van der Waals surface area contributed by atoms with Crippen molar-refractivity contribution in [3.05, 3.63) is 28.2 Å². The Morgan fingerprint density at radius 2 is 2.10 bits per heavy atom. The lowest BCUT2D eigenvalue weighted by Crippen LogP contribution is -2.37. The Labute approximate surface area is 130 Å². The van der Waals surface area contributed by atoms with Gasteiger partial charge in [-0.3, -0.25) is 0 Å². The monoisotopic (exact) mass is 340 g/mol. The van der Waals surface area contributed by atoms with Gasteiger partial charge in [0.2, 0.25) is 0 Å². The van der Waals surface area contributed by atoms with Crippen LogP contribution in [0.2, 0.25) is 0 Å². The molecule has 1 aromatic rings. The molecule has 1 heterocycles. The van der Waals surface area contributed by atoms with E-state index in [0.717, 1.165) is 32.5 Å². The highest BCUT2D eigenvalue weighted by atomic mass is 79.9. The second-order valence-electron chi connectivity index (χ2n) is 5.36. The number of benzene rings is 1. The minimum atomic E-state index is 0.379. The van der Waals surface area contributed by atoms with Gasteiger partial charge in [-0.05, 0) is 67.4 Å². The summed E-state index contributed by atoms with van der Waals surface area (Å²) in [5, 5.41) is 3.28. The van der Waals surface area contributed by atoms with Crippen molar-refractivity contribution in [2.45, 2.75) is 38.8 Å². The number of halogens is 1. The summed E-state index contributed by atoms with van der Waals surface area (Å²) in [5.74, 6) is 0. The number of nitrogens with zero attached hydrogens (tertiary/aromatic N) is 1. The fraction of sp³-hybridized carbons (Fsp3) is 0.625. The summed E-state index contributed by atoms with van der Waals surface area (Å²) in [6.45, 7) is 7.22. The highest BCUT2D eigenvalue weighted by molar-refractivity contribution is 9.10. The predicted molar refractivity (Wildman–Crippen MR) is 88.5 cm³/mol. The third-order valence-corrected chi connectivity index (χ3v) is 4.72. The van der Waals surface area contributed by atoms with E-state index in [-0.39, 0.29) is 0 Å². The third kappa shape index (κ3) is 3.74. The van der Waals surface area contributed by atoms with Crippen LogP contribution in [-0.4, -0.2) is 32.8 Å². The topological polar surface area (TPSA) is 24.5 Å². The lowest BCUT2D eigenvalue weighted by atomic mass is 10.0. The molecular formula is C16H25BrN2O. The Balaban J connectivity index is 2.03. The van der Waals surface area contributed by atoms with Gasteiger partial charge in [0.05, 0.1) is 11.8 Å². The van der Waals surface area contributed by atoms with Crippen LogP contribution in [0.3, 0.4) is 0 Å². The van der Waals surface area contributed by atoms with E-state index < -0.39 is 0 Å². The van der Waals surface area contributed by atoms with Gasteiger partial charge in [0, 0.05) is 30.2 Å². The molecule has 0 aliphatic carbocycles. The molecule has 1 saturated heterocycles. The van der Waals surface area contributed by atoms with E-state index in [1.807, 2.05) is 7.05 Å². The van der Waals surface area contributed by atoms with Gasteiger partial charge in [-0.1, -0.05) is 6.07 Å². The lowest BCUT2D eigenvalue weighted by molar-refractivity contribution is 0.0459. The molecule has 1 N–H and O–H groups in total. The van der Waals surface area contributed by atoms with Crippen LogP contribution < -0.4 is 10.2 Å². The van der Waals surface area contributed by atoms with Gasteiger partial charge in [0.15, 0.2) is 0 Å². The van der Waals surface area contributed by atoms with Gasteiger partial charge < -0.3 is 15.0 Å². The molecule has 4 heteroatoms. The minimum Gasteiger partial charge on any atom is -0.378 e. The molecule has 1 aromatic carbocycles. The molecule has 3 nitrogen and oxygen atoms in total. The summed E-state index contributed by atoms with van der Waals surface area (Å²) < 4.78 is 6.90. The van der Waals surface area contributed by atoms with Crippen LogP contribution in [0.5, 0.6) is 0 Å². The summed E-state index contributed by atoms with van der Waals surface area (Å²) in [6, 6.07) is 7.05. The second-order valence-corrected chi connectivity index (χ2v) is 6.22. The first-order valence-electron chi connectivity index (χ1n) is 7.49. The van der Waals surface area contributed by atoms with Gasteiger partial charge in [0.25, 0.3) is 0 Å². The maximum Gasteiger partial charge on any atom is 0.0608 e. The van der Waals surface area contributed by atoms with Gasteiger partial charge in [0.1, 0.15) is 0 Å². The van der Waals surface area contributed by atoms with Crippen molar-refractivity contribution >= 4 is 21.6 Å². The molecule has 112 valence electrons. The number of hydrogen-bond donors (Lipinski definition) is 1. The zero-order valence-corrected chi connectivity index (χ0v) is 14.2. The van der Waals surface area contributed by atoms with Crippen molar-refractivity contribution in [1.82, 2.24) is 5.32 Å². The number of piperidine rings is 1. The molecule has 0 radical (unpaired) electrons. The zero-order valence-electron chi connectivity index (χ0n) is 12.7. The van der Waals surface area contributed by atoms with Crippen LogP contribution in [0.15, 0.2) is 22.7 Å². The van der Waals surface area contributed by atoms with Crippen LogP contribution in [0, 0.1) is 0 Å². The van der Waals surface area contributed by atoms with E-state index in [4.69, 9.17) is 4.74 Å². The predicted octanol–water partition coefficient (Wildman–Crippen LogP) is 3.73. The first-order valence-corrected chi connectivity index (χ1v) is 8.28. The molecule has 1 fully saturated rings. The molecule has 0 saturated carbocycles. The van der Waals surface area contributed by atoms with E-state index in [2.05, 4.69) is 58.2 Å².